The van der Waals surface area contributed by atoms with E-state index in [0.717, 1.165) is 61.2 Å². The molecule has 15 aromatic carbocycles. The zero-order valence-electron chi connectivity index (χ0n) is 80.7. The molecule has 5 heteroatoms. The quantitative estimate of drug-likeness (QED) is 0.127. The van der Waals surface area contributed by atoms with Crippen molar-refractivity contribution in [3.8, 4) is 78.1 Å². The standard InChI is InChI=1S/C102H83BN4/c1-100(2,3)74-58-83(68-36-18-12-19-37-68)98(85(60-74)72-42-30-40-70(56-72)66-32-14-10-15-33-66)106-93-64-77(104-89-48-26-22-44-79(89)80-45-23-27-49-90(80)104)52-54-87(93)103-88-55-53-78(105-91-50-28-24-46-81(91)82-47-25-29-51-92(82)105)65-94(88)107(96-63-76(102(7,8)9)62-95(106)97(96)103)99-84(69-38-20-13-21-39-69)59-75(101(4,5)6)61-86(99)73-43-31-41-71(57-73)67-34-16-11-17-35-67/h10-65H,1-9H3/i22D,23D,24D,25D,26D,27D,28D,29D,44D,45D,46D,47D,48D,49D,50D,51D,52D,53D,54D,55D. The van der Waals surface area contributed by atoms with Gasteiger partial charge in [0.1, 0.15) is 0 Å². The molecule has 0 bridgehead atoms. The summed E-state index contributed by atoms with van der Waals surface area (Å²) in [6.45, 7) is 17.7. The molecule has 17 aromatic rings. The maximum absolute atomic E-state index is 11.6. The van der Waals surface area contributed by atoms with Gasteiger partial charge in [-0.05, 0) is 191 Å². The first-order valence-corrected chi connectivity index (χ1v) is 36.2. The monoisotopic (exact) mass is 1390 g/mol. The predicted octanol–water partition coefficient (Wildman–Crippen LogP) is 25.9. The first-order chi connectivity index (χ1) is 60.3. The lowest BCUT2D eigenvalue weighted by Gasteiger charge is -2.47. The van der Waals surface area contributed by atoms with Crippen molar-refractivity contribution < 1.29 is 27.4 Å². The van der Waals surface area contributed by atoms with Gasteiger partial charge in [0.05, 0.1) is 60.9 Å². The summed E-state index contributed by atoms with van der Waals surface area (Å²) in [6.07, 6.45) is 0. The van der Waals surface area contributed by atoms with Crippen molar-refractivity contribution in [2.24, 2.45) is 0 Å². The fourth-order valence-electron chi connectivity index (χ4n) is 15.9. The molecule has 0 saturated carbocycles. The van der Waals surface area contributed by atoms with Crippen LogP contribution in [0.5, 0.6) is 0 Å². The van der Waals surface area contributed by atoms with Gasteiger partial charge in [-0.15, -0.1) is 0 Å². The normalized spacial score (nSPS) is 15.5. The van der Waals surface area contributed by atoms with Gasteiger partial charge in [-0.2, -0.15) is 0 Å². The van der Waals surface area contributed by atoms with Gasteiger partial charge in [0.2, 0.25) is 0 Å². The van der Waals surface area contributed by atoms with E-state index in [1.807, 2.05) is 133 Å². The van der Waals surface area contributed by atoms with Crippen LogP contribution in [0.2, 0.25) is 0 Å². The van der Waals surface area contributed by atoms with E-state index in [0.29, 0.717) is 50.5 Å². The Morgan fingerprint density at radius 1 is 0.262 bits per heavy atom. The van der Waals surface area contributed by atoms with Crippen LogP contribution >= 0.6 is 0 Å². The van der Waals surface area contributed by atoms with Gasteiger partial charge in [0.25, 0.3) is 6.71 Å². The van der Waals surface area contributed by atoms with E-state index in [4.69, 9.17) is 5.48 Å². The van der Waals surface area contributed by atoms with Crippen molar-refractivity contribution in [1.29, 1.82) is 0 Å². The molecule has 19 rings (SSSR count). The molecular weight excluding hydrogens is 1290 g/mol. The van der Waals surface area contributed by atoms with Gasteiger partial charge >= 0.3 is 0 Å². The summed E-state index contributed by atoms with van der Waals surface area (Å²) in [5, 5.41) is -1.03. The molecule has 514 valence electrons. The summed E-state index contributed by atoms with van der Waals surface area (Å²) >= 11 is 0. The van der Waals surface area contributed by atoms with Crippen molar-refractivity contribution >= 4 is 101 Å². The van der Waals surface area contributed by atoms with Crippen LogP contribution in [0.15, 0.2) is 339 Å². The van der Waals surface area contributed by atoms with Gasteiger partial charge in [0, 0.05) is 77.9 Å². The van der Waals surface area contributed by atoms with Crippen LogP contribution in [0.25, 0.3) is 122 Å². The highest BCUT2D eigenvalue weighted by Crippen LogP contribution is 2.56. The number of benzene rings is 15. The fraction of sp³-hybridized carbons (Fsp3) is 0.118. The Morgan fingerprint density at radius 3 is 0.888 bits per heavy atom. The van der Waals surface area contributed by atoms with Crippen LogP contribution in [0.4, 0.5) is 34.1 Å². The third kappa shape index (κ3) is 11.0. The van der Waals surface area contributed by atoms with Gasteiger partial charge in [0.15, 0.2) is 0 Å². The van der Waals surface area contributed by atoms with Gasteiger partial charge in [-0.3, -0.25) is 0 Å². The van der Waals surface area contributed by atoms with Crippen molar-refractivity contribution in [2.45, 2.75) is 78.6 Å². The molecule has 107 heavy (non-hydrogen) atoms. The molecule has 0 N–H and O–H groups in total. The minimum absolute atomic E-state index is 0.0854. The average molecular weight is 1400 g/mol. The fourth-order valence-corrected chi connectivity index (χ4v) is 15.9. The predicted molar refractivity (Wildman–Crippen MR) is 458 cm³/mol. The summed E-state index contributed by atoms with van der Waals surface area (Å²) in [6, 6.07) is 60.0. The molecule has 2 aromatic heterocycles. The number of nitrogens with zero attached hydrogens (tertiary/aromatic N) is 4. The Hall–Kier alpha value is -12.4. The molecule has 0 amide bonds. The maximum atomic E-state index is 11.6. The highest BCUT2D eigenvalue weighted by molar-refractivity contribution is 7.00. The van der Waals surface area contributed by atoms with E-state index in [-0.39, 0.29) is 77.3 Å². The summed E-state index contributed by atoms with van der Waals surface area (Å²) in [7, 11) is 0. The lowest BCUT2D eigenvalue weighted by Crippen LogP contribution is -2.61. The molecule has 0 aliphatic carbocycles. The third-order valence-electron chi connectivity index (χ3n) is 21.3. The second kappa shape index (κ2) is 25.1. The van der Waals surface area contributed by atoms with Crippen LogP contribution in [0, 0.1) is 0 Å². The Labute approximate surface area is 656 Å². The number of hydrogen-bond acceptors (Lipinski definition) is 2. The average Bonchev–Trinajstić information content (AvgIpc) is 1.50. The first kappa shape index (κ1) is 47.1. The second-order valence-electron chi connectivity index (χ2n) is 31.0. The molecule has 0 spiro atoms. The molecule has 0 atom stereocenters. The molecule has 4 heterocycles. The van der Waals surface area contributed by atoms with Crippen molar-refractivity contribution in [2.75, 3.05) is 9.80 Å². The van der Waals surface area contributed by atoms with Gasteiger partial charge < -0.3 is 18.9 Å². The van der Waals surface area contributed by atoms with E-state index in [1.165, 1.54) is 9.13 Å². The number of para-hydroxylation sites is 4. The molecule has 2 aliphatic heterocycles. The minimum atomic E-state index is -1.42. The van der Waals surface area contributed by atoms with Crippen molar-refractivity contribution in [3.05, 3.63) is 356 Å². The number of aromatic nitrogens is 2. The summed E-state index contributed by atoms with van der Waals surface area (Å²) < 4.78 is 201. The van der Waals surface area contributed by atoms with Crippen molar-refractivity contribution in [3.63, 3.8) is 0 Å². The van der Waals surface area contributed by atoms with Crippen LogP contribution in [-0.4, -0.2) is 15.8 Å². The number of fused-ring (bicyclic) bond motifs is 10. The smallest absolute Gasteiger partial charge is 0.252 e. The lowest BCUT2D eigenvalue weighted by atomic mass is 9.33. The van der Waals surface area contributed by atoms with Crippen molar-refractivity contribution in [1.82, 2.24) is 9.13 Å². The molecule has 0 unspecified atom stereocenters. The Bertz CT molecular complexity index is 7050. The Balaban J connectivity index is 1.08. The Morgan fingerprint density at radius 2 is 0.551 bits per heavy atom. The molecular formula is C102H83BN4. The summed E-state index contributed by atoms with van der Waals surface area (Å²) in [5.74, 6) is 0. The molecule has 4 nitrogen and oxygen atoms in total. The van der Waals surface area contributed by atoms with E-state index < -0.39 is 144 Å². The van der Waals surface area contributed by atoms with Gasteiger partial charge in [-0.25, -0.2) is 0 Å². The summed E-state index contributed by atoms with van der Waals surface area (Å²) in [5.41, 5.74) is 11.4. The summed E-state index contributed by atoms with van der Waals surface area (Å²) in [4.78, 5) is 4.20. The maximum Gasteiger partial charge on any atom is 0.252 e. The van der Waals surface area contributed by atoms with E-state index in [9.17, 15) is 21.9 Å². The van der Waals surface area contributed by atoms with Gasteiger partial charge in [-0.1, -0.05) is 305 Å². The SMILES string of the molecule is [2H]c1c(-n2c3c([2H])c([2H])c([2H])c([2H])c3c3c([2H])c([2H])c([2H])c([2H])c32)cc2c(c1[2H])B1c3c(cc(C(C)(C)C)cc3N(c3c(-c4ccccc4)cc(C(C)(C)C)cc3-c3cccc(-c4ccccc4)c3)c3cc(-n4c5c([2H])c([2H])c([2H])c([2H])c5c5c([2H])c([2H])c([2H])c([2H])c54)c([2H])c([2H])c31)N2c1c(-c2ccccc2)cc(C(C)(C)C)cc1-c1cccc(-c2ccccc2)c1. The second-order valence-corrected chi connectivity index (χ2v) is 31.0. The molecule has 2 aliphatic rings. The molecule has 0 fully saturated rings. The third-order valence-corrected chi connectivity index (χ3v) is 21.3. The largest absolute Gasteiger partial charge is 0.310 e. The molecule has 0 radical (unpaired) electrons. The van der Waals surface area contributed by atoms with E-state index in [2.05, 4.69) is 145 Å². The van der Waals surface area contributed by atoms with Crippen LogP contribution in [-0.2, 0) is 16.2 Å². The molecule has 0 saturated heterocycles. The highest BCUT2D eigenvalue weighted by Gasteiger charge is 2.47. The van der Waals surface area contributed by atoms with Crippen LogP contribution in [0.1, 0.15) is 106 Å². The van der Waals surface area contributed by atoms with Crippen LogP contribution in [0.3, 0.4) is 0 Å². The van der Waals surface area contributed by atoms with E-state index >= 15 is 0 Å². The zero-order chi connectivity index (χ0) is 90.0. The van der Waals surface area contributed by atoms with E-state index in [1.54, 1.807) is 12.1 Å². The topological polar surface area (TPSA) is 16.3 Å². The lowest BCUT2D eigenvalue weighted by molar-refractivity contribution is 0.590. The van der Waals surface area contributed by atoms with Crippen LogP contribution < -0.4 is 26.2 Å². The Kier molecular flexibility index (Phi) is 11.1. The zero-order valence-corrected chi connectivity index (χ0v) is 60.7. The number of anilines is 6. The highest BCUT2D eigenvalue weighted by atomic mass is 15.2. The number of rotatable bonds is 10. The minimum Gasteiger partial charge on any atom is -0.310 e. The number of hydrogen-bond donors (Lipinski definition) is 0. The first-order valence-electron chi connectivity index (χ1n) is 46.2.